The summed E-state index contributed by atoms with van der Waals surface area (Å²) in [6.07, 6.45) is 0. The second kappa shape index (κ2) is 6.19. The Morgan fingerprint density at radius 1 is 1.44 bits per heavy atom. The molecule has 5 heteroatoms. The van der Waals surface area contributed by atoms with E-state index in [1.54, 1.807) is 12.1 Å². The third-order valence-corrected chi connectivity index (χ3v) is 2.28. The van der Waals surface area contributed by atoms with Gasteiger partial charge in [0, 0.05) is 31.8 Å². The number of aliphatic hydroxyl groups excluding tert-OH is 1. The predicted molar refractivity (Wildman–Crippen MR) is 61.1 cm³/mol. The van der Waals surface area contributed by atoms with Gasteiger partial charge in [0.1, 0.15) is 0 Å². The van der Waals surface area contributed by atoms with Crippen LogP contribution in [0.2, 0.25) is 0 Å². The van der Waals surface area contributed by atoms with Crippen LogP contribution >= 0.6 is 0 Å². The average molecular weight is 224 g/mol. The van der Waals surface area contributed by atoms with Crippen molar-refractivity contribution < 1.29 is 10.0 Å². The highest BCUT2D eigenvalue weighted by Gasteiger charge is 2.04. The van der Waals surface area contributed by atoms with Crippen LogP contribution in [-0.2, 0) is 6.54 Å². The monoisotopic (exact) mass is 224 g/mol. The topological polar surface area (TPSA) is 75.4 Å². The molecule has 0 aromatic heterocycles. The van der Waals surface area contributed by atoms with Gasteiger partial charge in [-0.1, -0.05) is 19.1 Å². The highest BCUT2D eigenvalue weighted by atomic mass is 16.6. The molecule has 16 heavy (non-hydrogen) atoms. The first-order valence-corrected chi connectivity index (χ1v) is 5.18. The third-order valence-electron chi connectivity index (χ3n) is 2.28. The van der Waals surface area contributed by atoms with Crippen molar-refractivity contribution in [3.05, 3.63) is 39.9 Å². The van der Waals surface area contributed by atoms with Crippen molar-refractivity contribution in [2.24, 2.45) is 5.92 Å². The van der Waals surface area contributed by atoms with Gasteiger partial charge in [-0.25, -0.2) is 0 Å². The van der Waals surface area contributed by atoms with Crippen LogP contribution in [0.15, 0.2) is 24.3 Å². The lowest BCUT2D eigenvalue weighted by molar-refractivity contribution is -0.384. The number of nitrogens with zero attached hydrogens (tertiary/aromatic N) is 1. The Hall–Kier alpha value is -1.46. The van der Waals surface area contributed by atoms with Gasteiger partial charge in [-0.05, 0) is 11.5 Å². The molecule has 1 atom stereocenters. The Balaban J connectivity index is 2.40. The lowest BCUT2D eigenvalue weighted by atomic mass is 10.2. The van der Waals surface area contributed by atoms with Crippen LogP contribution < -0.4 is 5.32 Å². The molecule has 0 heterocycles. The summed E-state index contributed by atoms with van der Waals surface area (Å²) in [5, 5.41) is 22.4. The van der Waals surface area contributed by atoms with Crippen molar-refractivity contribution in [3.8, 4) is 0 Å². The van der Waals surface area contributed by atoms with Gasteiger partial charge in [0.15, 0.2) is 0 Å². The van der Waals surface area contributed by atoms with E-state index in [0.29, 0.717) is 6.54 Å². The highest BCUT2D eigenvalue weighted by molar-refractivity contribution is 5.32. The molecule has 0 saturated carbocycles. The maximum Gasteiger partial charge on any atom is 0.269 e. The average Bonchev–Trinajstić information content (AvgIpc) is 2.29. The molecule has 0 fully saturated rings. The van der Waals surface area contributed by atoms with Crippen molar-refractivity contribution in [2.75, 3.05) is 13.2 Å². The molecule has 0 aliphatic carbocycles. The fourth-order valence-electron chi connectivity index (χ4n) is 1.26. The minimum Gasteiger partial charge on any atom is -0.396 e. The molecular weight excluding hydrogens is 208 g/mol. The fraction of sp³-hybridized carbons (Fsp3) is 0.455. The summed E-state index contributed by atoms with van der Waals surface area (Å²) >= 11 is 0. The van der Waals surface area contributed by atoms with Gasteiger partial charge in [0.05, 0.1) is 4.92 Å². The maximum atomic E-state index is 10.4. The quantitative estimate of drug-likeness (QED) is 0.564. The summed E-state index contributed by atoms with van der Waals surface area (Å²) in [7, 11) is 0. The molecule has 0 aliphatic heterocycles. The van der Waals surface area contributed by atoms with E-state index in [4.69, 9.17) is 5.11 Å². The second-order valence-corrected chi connectivity index (χ2v) is 3.84. The van der Waals surface area contributed by atoms with E-state index in [1.165, 1.54) is 12.1 Å². The molecule has 1 aromatic rings. The number of aliphatic hydroxyl groups is 1. The molecule has 88 valence electrons. The number of hydrogen-bond acceptors (Lipinski definition) is 4. The molecule has 5 nitrogen and oxygen atoms in total. The number of hydrogen-bond donors (Lipinski definition) is 2. The van der Waals surface area contributed by atoms with Crippen LogP contribution in [-0.4, -0.2) is 23.2 Å². The van der Waals surface area contributed by atoms with Crippen molar-refractivity contribution in [1.29, 1.82) is 0 Å². The lowest BCUT2D eigenvalue weighted by Crippen LogP contribution is -2.22. The van der Waals surface area contributed by atoms with Gasteiger partial charge >= 0.3 is 0 Å². The van der Waals surface area contributed by atoms with Crippen molar-refractivity contribution in [1.82, 2.24) is 5.32 Å². The van der Waals surface area contributed by atoms with E-state index in [9.17, 15) is 10.1 Å². The fourth-order valence-corrected chi connectivity index (χ4v) is 1.26. The summed E-state index contributed by atoms with van der Waals surface area (Å²) < 4.78 is 0. The lowest BCUT2D eigenvalue weighted by Gasteiger charge is -2.09. The van der Waals surface area contributed by atoms with E-state index in [-0.39, 0.29) is 18.2 Å². The van der Waals surface area contributed by atoms with Gasteiger partial charge in [0.25, 0.3) is 5.69 Å². The molecule has 0 saturated heterocycles. The Bertz CT molecular complexity index is 338. The number of nitro groups is 1. The van der Waals surface area contributed by atoms with Gasteiger partial charge in [-0.2, -0.15) is 0 Å². The van der Waals surface area contributed by atoms with Gasteiger partial charge < -0.3 is 10.4 Å². The highest BCUT2D eigenvalue weighted by Crippen LogP contribution is 2.11. The summed E-state index contributed by atoms with van der Waals surface area (Å²) in [5.41, 5.74) is 1.10. The molecular formula is C11H16N2O3. The van der Waals surface area contributed by atoms with Crippen molar-refractivity contribution in [2.45, 2.75) is 13.5 Å². The second-order valence-electron chi connectivity index (χ2n) is 3.84. The molecule has 0 radical (unpaired) electrons. The standard InChI is InChI=1S/C11H16N2O3/c1-9(8-14)6-12-7-10-2-4-11(5-3-10)13(15)16/h2-5,9,12,14H,6-8H2,1H3. The molecule has 0 spiro atoms. The largest absolute Gasteiger partial charge is 0.396 e. The van der Waals surface area contributed by atoms with Crippen LogP contribution in [0.1, 0.15) is 12.5 Å². The Labute approximate surface area is 94.3 Å². The zero-order chi connectivity index (χ0) is 12.0. The van der Waals surface area contributed by atoms with Crippen LogP contribution in [0.25, 0.3) is 0 Å². The van der Waals surface area contributed by atoms with E-state index in [2.05, 4.69) is 5.32 Å². The number of rotatable bonds is 6. The van der Waals surface area contributed by atoms with Gasteiger partial charge in [-0.15, -0.1) is 0 Å². The Kier molecular flexibility index (Phi) is 4.88. The van der Waals surface area contributed by atoms with Gasteiger partial charge in [0.2, 0.25) is 0 Å². The first-order valence-electron chi connectivity index (χ1n) is 5.18. The summed E-state index contributed by atoms with van der Waals surface area (Å²) in [6, 6.07) is 6.45. The number of nitro benzene ring substituents is 1. The van der Waals surface area contributed by atoms with E-state index in [1.807, 2.05) is 6.92 Å². The summed E-state index contributed by atoms with van der Waals surface area (Å²) in [4.78, 5) is 10.0. The summed E-state index contributed by atoms with van der Waals surface area (Å²) in [6.45, 7) is 3.49. The molecule has 2 N–H and O–H groups in total. The van der Waals surface area contributed by atoms with Crippen LogP contribution in [0.3, 0.4) is 0 Å². The third kappa shape index (κ3) is 3.96. The normalized spacial score (nSPS) is 12.4. The van der Waals surface area contributed by atoms with E-state index in [0.717, 1.165) is 12.1 Å². The molecule has 1 rings (SSSR count). The molecule has 0 aliphatic rings. The van der Waals surface area contributed by atoms with Crippen molar-refractivity contribution >= 4 is 5.69 Å². The van der Waals surface area contributed by atoms with Crippen LogP contribution in [0, 0.1) is 16.0 Å². The Morgan fingerprint density at radius 3 is 2.56 bits per heavy atom. The minimum atomic E-state index is -0.412. The maximum absolute atomic E-state index is 10.4. The zero-order valence-corrected chi connectivity index (χ0v) is 9.22. The minimum absolute atomic E-state index is 0.104. The van der Waals surface area contributed by atoms with Crippen molar-refractivity contribution in [3.63, 3.8) is 0 Å². The first-order chi connectivity index (χ1) is 7.63. The van der Waals surface area contributed by atoms with Crippen LogP contribution in [0.5, 0.6) is 0 Å². The Morgan fingerprint density at radius 2 is 2.06 bits per heavy atom. The first kappa shape index (κ1) is 12.6. The van der Waals surface area contributed by atoms with E-state index < -0.39 is 4.92 Å². The molecule has 1 aromatic carbocycles. The van der Waals surface area contributed by atoms with Crippen LogP contribution in [0.4, 0.5) is 5.69 Å². The molecule has 0 bridgehead atoms. The number of benzene rings is 1. The summed E-state index contributed by atoms with van der Waals surface area (Å²) in [5.74, 6) is 0.220. The predicted octanol–water partition coefficient (Wildman–Crippen LogP) is 1.31. The zero-order valence-electron chi connectivity index (χ0n) is 9.22. The smallest absolute Gasteiger partial charge is 0.269 e. The molecule has 1 unspecified atom stereocenters. The molecule has 0 amide bonds. The SMILES string of the molecule is CC(CO)CNCc1ccc([N+](=O)[O-])cc1. The van der Waals surface area contributed by atoms with Gasteiger partial charge in [-0.3, -0.25) is 10.1 Å². The number of non-ortho nitro benzene ring substituents is 1. The van der Waals surface area contributed by atoms with E-state index >= 15 is 0 Å². The number of nitrogens with one attached hydrogen (secondary N) is 1.